The van der Waals surface area contributed by atoms with Gasteiger partial charge in [0.25, 0.3) is 0 Å². The number of rotatable bonds is 10. The predicted molar refractivity (Wildman–Crippen MR) is 139 cm³/mol. The van der Waals surface area contributed by atoms with Crippen LogP contribution in [0.3, 0.4) is 0 Å². The first kappa shape index (κ1) is 25.7. The Kier molecular flexibility index (Phi) is 8.00. The van der Waals surface area contributed by atoms with Crippen LogP contribution >= 0.6 is 0 Å². The van der Waals surface area contributed by atoms with Crippen molar-refractivity contribution in [1.82, 2.24) is 9.88 Å². The maximum absolute atomic E-state index is 12.2. The number of carboxylic acids is 1. The average molecular weight is 501 g/mol. The van der Waals surface area contributed by atoms with Crippen LogP contribution < -0.4 is 14.8 Å². The Labute approximate surface area is 214 Å². The fraction of sp³-hybridized carbons (Fsp3) is 0.207. The van der Waals surface area contributed by atoms with Crippen molar-refractivity contribution in [3.63, 3.8) is 0 Å². The molecule has 37 heavy (non-hydrogen) atoms. The van der Waals surface area contributed by atoms with Gasteiger partial charge in [-0.25, -0.2) is 0 Å². The van der Waals surface area contributed by atoms with Gasteiger partial charge in [-0.2, -0.15) is 0 Å². The molecule has 3 aromatic carbocycles. The molecule has 0 radical (unpaired) electrons. The van der Waals surface area contributed by atoms with E-state index in [2.05, 4.69) is 5.32 Å². The Morgan fingerprint density at radius 3 is 2.03 bits per heavy atom. The predicted octanol–water partition coefficient (Wildman–Crippen LogP) is 4.33. The Bertz CT molecular complexity index is 1440. The quantitative estimate of drug-likeness (QED) is 0.247. The lowest BCUT2D eigenvalue weighted by Gasteiger charge is -2.16. The zero-order chi connectivity index (χ0) is 26.4. The summed E-state index contributed by atoms with van der Waals surface area (Å²) < 4.78 is 12.6. The maximum Gasteiger partial charge on any atom is 0.321 e. The van der Waals surface area contributed by atoms with Gasteiger partial charge in [-0.05, 0) is 23.8 Å². The summed E-state index contributed by atoms with van der Waals surface area (Å²) in [5.41, 5.74) is 3.33. The third-order valence-electron chi connectivity index (χ3n) is 5.93. The molecule has 1 atom stereocenters. The number of para-hydroxylation sites is 3. The fourth-order valence-corrected chi connectivity index (χ4v) is 4.29. The Morgan fingerprint density at radius 1 is 0.811 bits per heavy atom. The number of hydrogen-bond acceptors (Lipinski definition) is 6. The average Bonchev–Trinajstić information content (AvgIpc) is 3.20. The molecule has 190 valence electrons. The highest BCUT2D eigenvalue weighted by molar-refractivity contribution is 5.85. The molecule has 0 spiro atoms. The van der Waals surface area contributed by atoms with Crippen molar-refractivity contribution in [3.8, 4) is 11.5 Å². The maximum atomic E-state index is 12.2. The Balaban J connectivity index is 1.58. The SMILES string of the molecule is CC(=O)Oc1ccccc1CN[C@@H](Cc1cn(Cc2ccccc2OC(C)=O)c2ccccc12)C(=O)O. The van der Waals surface area contributed by atoms with Gasteiger partial charge in [-0.15, -0.1) is 0 Å². The van der Waals surface area contributed by atoms with E-state index in [-0.39, 0.29) is 13.0 Å². The van der Waals surface area contributed by atoms with E-state index in [1.165, 1.54) is 13.8 Å². The molecule has 0 saturated carbocycles. The lowest BCUT2D eigenvalue weighted by Crippen LogP contribution is -2.38. The fourth-order valence-electron chi connectivity index (χ4n) is 4.29. The van der Waals surface area contributed by atoms with E-state index >= 15 is 0 Å². The minimum atomic E-state index is -0.984. The van der Waals surface area contributed by atoms with E-state index in [0.717, 1.165) is 22.0 Å². The minimum absolute atomic E-state index is 0.217. The van der Waals surface area contributed by atoms with Gasteiger partial charge >= 0.3 is 17.9 Å². The van der Waals surface area contributed by atoms with Crippen molar-refractivity contribution >= 4 is 28.8 Å². The third kappa shape index (κ3) is 6.42. The number of ether oxygens (including phenoxy) is 2. The summed E-state index contributed by atoms with van der Waals surface area (Å²) in [7, 11) is 0. The molecule has 1 aromatic heterocycles. The third-order valence-corrected chi connectivity index (χ3v) is 5.93. The van der Waals surface area contributed by atoms with Crippen LogP contribution in [-0.4, -0.2) is 33.6 Å². The van der Waals surface area contributed by atoms with Crippen molar-refractivity contribution in [1.29, 1.82) is 0 Å². The topological polar surface area (TPSA) is 107 Å². The summed E-state index contributed by atoms with van der Waals surface area (Å²) in [6.07, 6.45) is 2.18. The molecule has 0 saturated heterocycles. The summed E-state index contributed by atoms with van der Waals surface area (Å²) in [5, 5.41) is 14.0. The van der Waals surface area contributed by atoms with E-state index < -0.39 is 23.9 Å². The number of benzene rings is 3. The molecule has 0 aliphatic carbocycles. The van der Waals surface area contributed by atoms with E-state index in [0.29, 0.717) is 23.6 Å². The standard InChI is InChI=1S/C29H28N2O6/c1-19(32)36-27-13-7-3-9-21(27)16-30-25(29(34)35)15-23-18-31(26-12-6-5-11-24(23)26)17-22-10-4-8-14-28(22)37-20(2)33/h3-14,18,25,30H,15-17H2,1-2H3,(H,34,35)/t25-/m0/s1. The number of aliphatic carboxylic acids is 1. The zero-order valence-corrected chi connectivity index (χ0v) is 20.6. The molecule has 0 aliphatic rings. The van der Waals surface area contributed by atoms with Crippen molar-refractivity contribution in [3.05, 3.63) is 95.7 Å². The van der Waals surface area contributed by atoms with Crippen LogP contribution in [-0.2, 0) is 33.9 Å². The molecule has 0 unspecified atom stereocenters. The Hall–Kier alpha value is -4.43. The highest BCUT2D eigenvalue weighted by Crippen LogP contribution is 2.27. The molecule has 0 bridgehead atoms. The summed E-state index contributed by atoms with van der Waals surface area (Å²) in [4.78, 5) is 35.1. The number of carboxylic acid groups (broad SMARTS) is 1. The van der Waals surface area contributed by atoms with Crippen LogP contribution in [0.4, 0.5) is 0 Å². The first-order valence-electron chi connectivity index (χ1n) is 11.9. The van der Waals surface area contributed by atoms with Gasteiger partial charge in [0.2, 0.25) is 0 Å². The van der Waals surface area contributed by atoms with Crippen LogP contribution in [0.15, 0.2) is 79.0 Å². The highest BCUT2D eigenvalue weighted by Gasteiger charge is 2.21. The molecule has 4 aromatic rings. The van der Waals surface area contributed by atoms with Gasteiger partial charge in [0.1, 0.15) is 17.5 Å². The second-order valence-corrected chi connectivity index (χ2v) is 8.68. The normalized spacial score (nSPS) is 11.7. The molecular formula is C29H28N2O6. The molecule has 4 rings (SSSR count). The lowest BCUT2D eigenvalue weighted by molar-refractivity contribution is -0.139. The zero-order valence-electron chi connectivity index (χ0n) is 20.6. The van der Waals surface area contributed by atoms with Crippen LogP contribution in [0.25, 0.3) is 10.9 Å². The molecular weight excluding hydrogens is 472 g/mol. The van der Waals surface area contributed by atoms with Crippen molar-refractivity contribution in [2.45, 2.75) is 39.4 Å². The van der Waals surface area contributed by atoms with Crippen LogP contribution in [0.2, 0.25) is 0 Å². The minimum Gasteiger partial charge on any atom is -0.480 e. The number of nitrogens with one attached hydrogen (secondary N) is 1. The summed E-state index contributed by atoms with van der Waals surface area (Å²) in [6.45, 7) is 3.36. The number of fused-ring (bicyclic) bond motifs is 1. The van der Waals surface area contributed by atoms with Gasteiger partial charge in [-0.3, -0.25) is 19.7 Å². The second-order valence-electron chi connectivity index (χ2n) is 8.68. The number of carbonyl (C=O) groups excluding carboxylic acids is 2. The Morgan fingerprint density at radius 2 is 1.38 bits per heavy atom. The first-order chi connectivity index (χ1) is 17.8. The van der Waals surface area contributed by atoms with E-state index in [9.17, 15) is 19.5 Å². The molecule has 0 aliphatic heterocycles. The number of hydrogen-bond donors (Lipinski definition) is 2. The van der Waals surface area contributed by atoms with Crippen LogP contribution in [0.5, 0.6) is 11.5 Å². The number of carbonyl (C=O) groups is 3. The molecule has 8 heteroatoms. The molecule has 0 amide bonds. The van der Waals surface area contributed by atoms with Gasteiger partial charge in [0.05, 0.1) is 6.54 Å². The summed E-state index contributed by atoms with van der Waals surface area (Å²) in [6, 6.07) is 21.3. The molecule has 2 N–H and O–H groups in total. The summed E-state index contributed by atoms with van der Waals surface area (Å²) in [5.74, 6) is -0.927. The van der Waals surface area contributed by atoms with Crippen molar-refractivity contribution < 1.29 is 29.0 Å². The highest BCUT2D eigenvalue weighted by atomic mass is 16.5. The van der Waals surface area contributed by atoms with E-state index in [1.807, 2.05) is 53.2 Å². The molecule has 0 fully saturated rings. The van der Waals surface area contributed by atoms with E-state index in [4.69, 9.17) is 9.47 Å². The lowest BCUT2D eigenvalue weighted by atomic mass is 10.0. The van der Waals surface area contributed by atoms with Crippen LogP contribution in [0.1, 0.15) is 30.5 Å². The van der Waals surface area contributed by atoms with Crippen molar-refractivity contribution in [2.24, 2.45) is 0 Å². The van der Waals surface area contributed by atoms with Gasteiger partial charge in [0.15, 0.2) is 0 Å². The number of nitrogens with zero attached hydrogens (tertiary/aromatic N) is 1. The number of esters is 2. The largest absolute Gasteiger partial charge is 0.480 e. The van der Waals surface area contributed by atoms with Gasteiger partial charge in [-0.1, -0.05) is 54.6 Å². The first-order valence-corrected chi connectivity index (χ1v) is 11.9. The molecule has 8 nitrogen and oxygen atoms in total. The van der Waals surface area contributed by atoms with Gasteiger partial charge in [0, 0.05) is 55.0 Å². The monoisotopic (exact) mass is 500 g/mol. The second kappa shape index (κ2) is 11.5. The smallest absolute Gasteiger partial charge is 0.321 e. The van der Waals surface area contributed by atoms with Crippen LogP contribution in [0, 0.1) is 0 Å². The van der Waals surface area contributed by atoms with Gasteiger partial charge < -0.3 is 19.1 Å². The summed E-state index contributed by atoms with van der Waals surface area (Å²) >= 11 is 0. The van der Waals surface area contributed by atoms with E-state index in [1.54, 1.807) is 30.3 Å². The van der Waals surface area contributed by atoms with Crippen molar-refractivity contribution in [2.75, 3.05) is 0 Å². The number of aromatic nitrogens is 1. The molecule has 1 heterocycles.